The Labute approximate surface area is 199 Å². The van der Waals surface area contributed by atoms with Gasteiger partial charge < -0.3 is 24.8 Å². The van der Waals surface area contributed by atoms with E-state index >= 15 is 0 Å². The number of esters is 1. The molecule has 0 atom stereocenters. The summed E-state index contributed by atoms with van der Waals surface area (Å²) >= 11 is 1.34. The Morgan fingerprint density at radius 2 is 1.65 bits per heavy atom. The van der Waals surface area contributed by atoms with Crippen LogP contribution >= 0.6 is 11.3 Å². The monoisotopic (exact) mass is 478 g/mol. The van der Waals surface area contributed by atoms with Gasteiger partial charge in [0.2, 0.25) is 0 Å². The van der Waals surface area contributed by atoms with Crippen molar-refractivity contribution in [3.63, 3.8) is 0 Å². The molecule has 5 rings (SSSR count). The number of thiophene rings is 1. The first-order chi connectivity index (χ1) is 16.5. The minimum atomic E-state index is -0.639. The molecule has 1 fully saturated rings. The van der Waals surface area contributed by atoms with Crippen LogP contribution in [0.3, 0.4) is 0 Å². The van der Waals surface area contributed by atoms with Gasteiger partial charge in [-0.25, -0.2) is 4.79 Å². The molecule has 2 N–H and O–H groups in total. The van der Waals surface area contributed by atoms with Crippen molar-refractivity contribution in [3.8, 4) is 11.5 Å². The minimum Gasteiger partial charge on any atom is -0.452 e. The number of carbonyl (C=O) groups is 3. The second-order valence-corrected chi connectivity index (χ2v) is 9.06. The van der Waals surface area contributed by atoms with Gasteiger partial charge >= 0.3 is 5.97 Å². The van der Waals surface area contributed by atoms with Gasteiger partial charge in [-0.05, 0) is 60.7 Å². The molecule has 2 aliphatic rings. The molecule has 1 saturated carbocycles. The second-order valence-electron chi connectivity index (χ2n) is 8.12. The lowest BCUT2D eigenvalue weighted by Gasteiger charge is -2.21. The fourth-order valence-corrected chi connectivity index (χ4v) is 4.61. The number of ether oxygens (including phenoxy) is 3. The third kappa shape index (κ3) is 4.74. The molecular formula is C25H22N2O6S. The number of fused-ring (bicyclic) bond motifs is 1. The maximum atomic E-state index is 12.3. The summed E-state index contributed by atoms with van der Waals surface area (Å²) in [6, 6.07) is 15.0. The molecule has 8 nitrogen and oxygen atoms in total. The molecular weight excluding hydrogens is 456 g/mol. The van der Waals surface area contributed by atoms with Crippen molar-refractivity contribution in [1.29, 1.82) is 0 Å². The Balaban J connectivity index is 1.11. The zero-order valence-corrected chi connectivity index (χ0v) is 19.0. The Hall–Kier alpha value is -3.85. The van der Waals surface area contributed by atoms with Crippen LogP contribution in [0.5, 0.6) is 11.5 Å². The minimum absolute atomic E-state index is 0.219. The molecule has 2 amide bonds. The zero-order valence-electron chi connectivity index (χ0n) is 18.2. The summed E-state index contributed by atoms with van der Waals surface area (Å²) in [5.74, 6) is -0.626. The smallest absolute Gasteiger partial charge is 0.338 e. The van der Waals surface area contributed by atoms with Crippen LogP contribution in [0.2, 0.25) is 0 Å². The predicted molar refractivity (Wildman–Crippen MR) is 127 cm³/mol. The molecule has 9 heteroatoms. The van der Waals surface area contributed by atoms with Crippen LogP contribution in [0.4, 0.5) is 11.4 Å². The van der Waals surface area contributed by atoms with Crippen LogP contribution in [-0.2, 0) is 9.53 Å². The number of hydrogen-bond acceptors (Lipinski definition) is 7. The lowest BCUT2D eigenvalue weighted by molar-refractivity contribution is -0.119. The van der Waals surface area contributed by atoms with Crippen LogP contribution < -0.4 is 20.1 Å². The van der Waals surface area contributed by atoms with E-state index in [1.807, 2.05) is 5.38 Å². The lowest BCUT2D eigenvalue weighted by atomic mass is 10.2. The fourth-order valence-electron chi connectivity index (χ4n) is 3.99. The molecule has 2 aromatic carbocycles. The number of benzene rings is 2. The summed E-state index contributed by atoms with van der Waals surface area (Å²) in [7, 11) is 0. The highest BCUT2D eigenvalue weighted by Gasteiger charge is 2.44. The average Bonchev–Trinajstić information content (AvgIpc) is 3.59. The molecule has 0 saturated heterocycles. The summed E-state index contributed by atoms with van der Waals surface area (Å²) in [5, 5.41) is 7.28. The zero-order chi connectivity index (χ0) is 23.5. The number of hydrogen-bond donors (Lipinski definition) is 2. The van der Waals surface area contributed by atoms with Gasteiger partial charge in [-0.3, -0.25) is 9.59 Å². The molecule has 1 aromatic heterocycles. The number of anilines is 2. The van der Waals surface area contributed by atoms with Crippen LogP contribution in [0, 0.1) is 0 Å². The van der Waals surface area contributed by atoms with Crippen molar-refractivity contribution < 1.29 is 28.6 Å². The maximum absolute atomic E-state index is 12.3. The number of carbonyl (C=O) groups excluding carboxylic acids is 3. The van der Waals surface area contributed by atoms with E-state index in [-0.39, 0.29) is 11.5 Å². The van der Waals surface area contributed by atoms with Crippen LogP contribution in [0.25, 0.3) is 0 Å². The second kappa shape index (κ2) is 9.18. The van der Waals surface area contributed by atoms with E-state index in [1.54, 1.807) is 42.5 Å². The van der Waals surface area contributed by atoms with Gasteiger partial charge in [0.1, 0.15) is 0 Å². The van der Waals surface area contributed by atoms with Crippen molar-refractivity contribution in [1.82, 2.24) is 0 Å². The molecule has 0 bridgehead atoms. The highest BCUT2D eigenvalue weighted by Crippen LogP contribution is 2.47. The van der Waals surface area contributed by atoms with Gasteiger partial charge in [-0.1, -0.05) is 6.07 Å². The number of amides is 2. The third-order valence-corrected chi connectivity index (χ3v) is 6.51. The van der Waals surface area contributed by atoms with Crippen molar-refractivity contribution in [2.24, 2.45) is 0 Å². The molecule has 0 radical (unpaired) electrons. The molecule has 0 unspecified atom stereocenters. The summed E-state index contributed by atoms with van der Waals surface area (Å²) in [6.45, 7) is -0.436. The average molecular weight is 479 g/mol. The van der Waals surface area contributed by atoms with Gasteiger partial charge in [0.05, 0.1) is 10.4 Å². The van der Waals surface area contributed by atoms with E-state index in [0.29, 0.717) is 27.8 Å². The first-order valence-corrected chi connectivity index (χ1v) is 11.8. The van der Waals surface area contributed by atoms with Crippen molar-refractivity contribution in [2.75, 3.05) is 17.2 Å². The Morgan fingerprint density at radius 1 is 0.912 bits per heavy atom. The standard InChI is InChI=1S/C25H22N2O6S/c28-22(26-18-9-10-19-20(14-18)33-25(32-19)11-1-2-12-25)15-31-24(30)16-5-7-17(8-6-16)27-23(29)21-4-3-13-34-21/h3-10,13-14H,1-2,11-12,15H2,(H,26,28)(H,27,29). The predicted octanol–water partition coefficient (Wildman–Crippen LogP) is 4.84. The summed E-state index contributed by atoms with van der Waals surface area (Å²) in [6.07, 6.45) is 3.83. The Bertz CT molecular complexity index is 1220. The number of rotatable bonds is 6. The van der Waals surface area contributed by atoms with Gasteiger partial charge in [0, 0.05) is 30.3 Å². The van der Waals surface area contributed by atoms with Gasteiger partial charge in [-0.2, -0.15) is 0 Å². The molecule has 34 heavy (non-hydrogen) atoms. The summed E-state index contributed by atoms with van der Waals surface area (Å²) in [4.78, 5) is 37.3. The fraction of sp³-hybridized carbons (Fsp3) is 0.240. The summed E-state index contributed by atoms with van der Waals surface area (Å²) < 4.78 is 17.1. The van der Waals surface area contributed by atoms with E-state index in [2.05, 4.69) is 10.6 Å². The lowest BCUT2D eigenvalue weighted by Crippen LogP contribution is -2.34. The van der Waals surface area contributed by atoms with E-state index < -0.39 is 24.3 Å². The summed E-state index contributed by atoms with van der Waals surface area (Å²) in [5.41, 5.74) is 1.35. The number of nitrogens with one attached hydrogen (secondary N) is 2. The van der Waals surface area contributed by atoms with E-state index in [4.69, 9.17) is 14.2 Å². The van der Waals surface area contributed by atoms with E-state index in [1.165, 1.54) is 23.5 Å². The molecule has 3 aromatic rings. The van der Waals surface area contributed by atoms with Gasteiger partial charge in [-0.15, -0.1) is 11.3 Å². The highest BCUT2D eigenvalue weighted by atomic mass is 32.1. The largest absolute Gasteiger partial charge is 0.452 e. The molecule has 1 aliphatic heterocycles. The third-order valence-electron chi connectivity index (χ3n) is 5.64. The van der Waals surface area contributed by atoms with Gasteiger partial charge in [0.15, 0.2) is 18.1 Å². The van der Waals surface area contributed by atoms with Crippen molar-refractivity contribution >= 4 is 40.5 Å². The topological polar surface area (TPSA) is 103 Å². The first kappa shape index (κ1) is 22.0. The highest BCUT2D eigenvalue weighted by molar-refractivity contribution is 7.12. The molecule has 1 spiro atoms. The van der Waals surface area contributed by atoms with Crippen molar-refractivity contribution in [2.45, 2.75) is 31.5 Å². The molecule has 2 heterocycles. The quantitative estimate of drug-likeness (QED) is 0.492. The first-order valence-electron chi connectivity index (χ1n) is 10.9. The molecule has 174 valence electrons. The SMILES string of the molecule is O=C(COC(=O)c1ccc(NC(=O)c2cccs2)cc1)Nc1ccc2c(c1)OC1(CCCC1)O2. The maximum Gasteiger partial charge on any atom is 0.338 e. The van der Waals surface area contributed by atoms with E-state index in [9.17, 15) is 14.4 Å². The van der Waals surface area contributed by atoms with Crippen LogP contribution in [-0.4, -0.2) is 30.2 Å². The molecule has 1 aliphatic carbocycles. The Morgan fingerprint density at radius 3 is 2.38 bits per heavy atom. The van der Waals surface area contributed by atoms with Crippen LogP contribution in [0.1, 0.15) is 45.7 Å². The Kier molecular flexibility index (Phi) is 5.93. The normalized spacial score (nSPS) is 15.2. The van der Waals surface area contributed by atoms with E-state index in [0.717, 1.165) is 25.7 Å². The van der Waals surface area contributed by atoms with Crippen LogP contribution in [0.15, 0.2) is 60.0 Å². The van der Waals surface area contributed by atoms with Crippen molar-refractivity contribution in [3.05, 3.63) is 70.4 Å². The van der Waals surface area contributed by atoms with Gasteiger partial charge in [0.25, 0.3) is 17.6 Å².